The predicted octanol–water partition coefficient (Wildman–Crippen LogP) is 0.355. The third-order valence-electron chi connectivity index (χ3n) is 1.27. The molecule has 3 nitrogen and oxygen atoms in total. The van der Waals surface area contributed by atoms with E-state index in [-0.39, 0.29) is 0 Å². The van der Waals surface area contributed by atoms with Crippen LogP contribution in [0.3, 0.4) is 0 Å². The normalized spacial score (nSPS) is 9.70. The summed E-state index contributed by atoms with van der Waals surface area (Å²) in [6.45, 7) is 2.74. The van der Waals surface area contributed by atoms with Crippen LogP contribution in [0.2, 0.25) is 0 Å². The first-order chi connectivity index (χ1) is 4.91. The SMILES string of the molecule is N=CCCNCCCCN. The van der Waals surface area contributed by atoms with Gasteiger partial charge in [0.15, 0.2) is 0 Å². The average molecular weight is 143 g/mol. The summed E-state index contributed by atoms with van der Waals surface area (Å²) in [5, 5.41) is 9.95. The van der Waals surface area contributed by atoms with Crippen molar-refractivity contribution >= 4 is 6.21 Å². The van der Waals surface area contributed by atoms with Crippen LogP contribution in [0.4, 0.5) is 0 Å². The van der Waals surface area contributed by atoms with Gasteiger partial charge in [0.1, 0.15) is 0 Å². The first-order valence-corrected chi connectivity index (χ1v) is 3.81. The maximum atomic E-state index is 6.73. The summed E-state index contributed by atoms with van der Waals surface area (Å²) in [7, 11) is 0. The molecular formula is C7H17N3. The lowest BCUT2D eigenvalue weighted by atomic mass is 10.3. The van der Waals surface area contributed by atoms with Gasteiger partial charge in [-0.05, 0) is 38.6 Å². The molecule has 4 N–H and O–H groups in total. The predicted molar refractivity (Wildman–Crippen MR) is 44.6 cm³/mol. The Labute approximate surface area is 62.5 Å². The Kier molecular flexibility index (Phi) is 8.24. The van der Waals surface area contributed by atoms with E-state index in [1.165, 1.54) is 6.21 Å². The van der Waals surface area contributed by atoms with Gasteiger partial charge in [0.05, 0.1) is 0 Å². The molecule has 0 aromatic carbocycles. The Bertz CT molecular complexity index is 73.3. The van der Waals surface area contributed by atoms with Crippen LogP contribution >= 0.6 is 0 Å². The molecule has 0 saturated heterocycles. The van der Waals surface area contributed by atoms with Crippen molar-refractivity contribution in [2.24, 2.45) is 5.73 Å². The summed E-state index contributed by atoms with van der Waals surface area (Å²) in [6, 6.07) is 0. The molecule has 0 saturated carbocycles. The third kappa shape index (κ3) is 7.59. The van der Waals surface area contributed by atoms with Crippen molar-refractivity contribution in [1.82, 2.24) is 5.32 Å². The van der Waals surface area contributed by atoms with Crippen molar-refractivity contribution < 1.29 is 0 Å². The monoisotopic (exact) mass is 143 g/mol. The lowest BCUT2D eigenvalue weighted by molar-refractivity contribution is 0.637. The molecule has 0 aliphatic rings. The average Bonchev–Trinajstić information content (AvgIpc) is 1.97. The fourth-order valence-electron chi connectivity index (χ4n) is 0.694. The van der Waals surface area contributed by atoms with E-state index in [1.807, 2.05) is 0 Å². The molecule has 10 heavy (non-hydrogen) atoms. The molecule has 0 atom stereocenters. The Morgan fingerprint density at radius 2 is 2.10 bits per heavy atom. The molecule has 0 bridgehead atoms. The quantitative estimate of drug-likeness (QED) is 0.356. The molecule has 0 aliphatic heterocycles. The van der Waals surface area contributed by atoms with Gasteiger partial charge in [-0.1, -0.05) is 0 Å². The highest BCUT2D eigenvalue weighted by atomic mass is 14.8. The topological polar surface area (TPSA) is 61.9 Å². The lowest BCUT2D eigenvalue weighted by Crippen LogP contribution is -2.17. The van der Waals surface area contributed by atoms with E-state index in [0.29, 0.717) is 0 Å². The highest BCUT2D eigenvalue weighted by Crippen LogP contribution is 1.81. The van der Waals surface area contributed by atoms with Crippen LogP contribution in [0.1, 0.15) is 19.3 Å². The Balaban J connectivity index is 2.70. The van der Waals surface area contributed by atoms with Gasteiger partial charge in [0, 0.05) is 6.54 Å². The van der Waals surface area contributed by atoms with Crippen LogP contribution in [-0.4, -0.2) is 25.8 Å². The summed E-state index contributed by atoms with van der Waals surface area (Å²) >= 11 is 0. The van der Waals surface area contributed by atoms with Gasteiger partial charge in [-0.25, -0.2) is 0 Å². The maximum absolute atomic E-state index is 6.73. The van der Waals surface area contributed by atoms with Crippen LogP contribution in [-0.2, 0) is 0 Å². The van der Waals surface area contributed by atoms with Gasteiger partial charge < -0.3 is 16.5 Å². The molecule has 0 spiro atoms. The minimum absolute atomic E-state index is 0.784. The first-order valence-electron chi connectivity index (χ1n) is 3.81. The zero-order chi connectivity index (χ0) is 7.66. The van der Waals surface area contributed by atoms with Crippen molar-refractivity contribution in [1.29, 1.82) is 5.41 Å². The fourth-order valence-corrected chi connectivity index (χ4v) is 0.694. The molecule has 0 amide bonds. The van der Waals surface area contributed by atoms with Gasteiger partial charge in [-0.2, -0.15) is 0 Å². The Morgan fingerprint density at radius 3 is 2.70 bits per heavy atom. The van der Waals surface area contributed by atoms with Crippen molar-refractivity contribution in [3.8, 4) is 0 Å². The van der Waals surface area contributed by atoms with Crippen LogP contribution in [0, 0.1) is 5.41 Å². The van der Waals surface area contributed by atoms with Gasteiger partial charge in [0.25, 0.3) is 0 Å². The zero-order valence-electron chi connectivity index (χ0n) is 6.40. The molecular weight excluding hydrogens is 126 g/mol. The van der Waals surface area contributed by atoms with Crippen molar-refractivity contribution in [2.45, 2.75) is 19.3 Å². The van der Waals surface area contributed by atoms with E-state index in [4.69, 9.17) is 11.1 Å². The minimum atomic E-state index is 0.784. The van der Waals surface area contributed by atoms with Crippen LogP contribution in [0.25, 0.3) is 0 Å². The molecule has 3 heteroatoms. The molecule has 0 aromatic rings. The number of rotatable bonds is 7. The van der Waals surface area contributed by atoms with Crippen LogP contribution in [0.5, 0.6) is 0 Å². The second-order valence-electron chi connectivity index (χ2n) is 2.24. The maximum Gasteiger partial charge on any atom is 0.0000489 e. The number of hydrogen-bond donors (Lipinski definition) is 3. The summed E-state index contributed by atoms with van der Waals surface area (Å²) in [4.78, 5) is 0. The summed E-state index contributed by atoms with van der Waals surface area (Å²) < 4.78 is 0. The molecule has 0 aromatic heterocycles. The highest BCUT2D eigenvalue weighted by molar-refractivity contribution is 5.52. The smallest absolute Gasteiger partial charge is 0.0000489 e. The molecule has 0 radical (unpaired) electrons. The van der Waals surface area contributed by atoms with E-state index in [1.54, 1.807) is 0 Å². The second kappa shape index (κ2) is 8.59. The molecule has 0 aliphatic carbocycles. The first kappa shape index (κ1) is 9.59. The number of nitrogens with one attached hydrogen (secondary N) is 2. The van der Waals surface area contributed by atoms with Crippen LogP contribution in [0.15, 0.2) is 0 Å². The van der Waals surface area contributed by atoms with E-state index in [0.717, 1.165) is 38.9 Å². The van der Waals surface area contributed by atoms with E-state index in [9.17, 15) is 0 Å². The van der Waals surface area contributed by atoms with E-state index < -0.39 is 0 Å². The summed E-state index contributed by atoms with van der Waals surface area (Å²) in [5.74, 6) is 0. The standard InChI is InChI=1S/C7H17N3/c8-4-1-2-6-10-7-3-5-9/h5,9-10H,1-4,6-8H2. The molecule has 0 fully saturated rings. The van der Waals surface area contributed by atoms with E-state index in [2.05, 4.69) is 5.32 Å². The van der Waals surface area contributed by atoms with Gasteiger partial charge in [0.2, 0.25) is 0 Å². The largest absolute Gasteiger partial charge is 0.330 e. The molecule has 0 heterocycles. The second-order valence-corrected chi connectivity index (χ2v) is 2.24. The highest BCUT2D eigenvalue weighted by Gasteiger charge is 1.84. The molecule has 60 valence electrons. The lowest BCUT2D eigenvalue weighted by Gasteiger charge is -1.99. The molecule has 0 unspecified atom stereocenters. The number of nitrogens with two attached hydrogens (primary N) is 1. The van der Waals surface area contributed by atoms with Crippen molar-refractivity contribution in [2.75, 3.05) is 19.6 Å². The molecule has 0 rings (SSSR count). The third-order valence-corrected chi connectivity index (χ3v) is 1.27. The summed E-state index contributed by atoms with van der Waals surface area (Å²) in [5.41, 5.74) is 5.31. The van der Waals surface area contributed by atoms with E-state index >= 15 is 0 Å². The Morgan fingerprint density at radius 1 is 1.30 bits per heavy atom. The van der Waals surface area contributed by atoms with Gasteiger partial charge in [-0.15, -0.1) is 0 Å². The van der Waals surface area contributed by atoms with Crippen LogP contribution < -0.4 is 11.1 Å². The van der Waals surface area contributed by atoms with Gasteiger partial charge in [-0.3, -0.25) is 0 Å². The van der Waals surface area contributed by atoms with Crippen molar-refractivity contribution in [3.63, 3.8) is 0 Å². The van der Waals surface area contributed by atoms with Crippen molar-refractivity contribution in [3.05, 3.63) is 0 Å². The summed E-state index contributed by atoms with van der Waals surface area (Å²) in [6.07, 6.45) is 4.50. The fraction of sp³-hybridized carbons (Fsp3) is 0.857. The van der Waals surface area contributed by atoms with Gasteiger partial charge >= 0.3 is 0 Å². The Hall–Kier alpha value is -0.410. The minimum Gasteiger partial charge on any atom is -0.330 e. The number of unbranched alkanes of at least 4 members (excludes halogenated alkanes) is 1. The zero-order valence-corrected chi connectivity index (χ0v) is 6.40. The number of hydrogen-bond acceptors (Lipinski definition) is 3.